The Hall–Kier alpha value is -1.06. The Balaban J connectivity index is 2.02. The predicted molar refractivity (Wildman–Crippen MR) is 68.0 cm³/mol. The Kier molecular flexibility index (Phi) is 4.02. The van der Waals surface area contributed by atoms with Crippen molar-refractivity contribution in [2.45, 2.75) is 39.0 Å². The molecule has 3 heteroatoms. The van der Waals surface area contributed by atoms with Gasteiger partial charge in [-0.1, -0.05) is 19.1 Å². The molecule has 0 spiro atoms. The second-order valence-corrected chi connectivity index (χ2v) is 4.80. The highest BCUT2D eigenvalue weighted by Gasteiger charge is 2.25. The fourth-order valence-corrected chi connectivity index (χ4v) is 2.32. The van der Waals surface area contributed by atoms with Crippen LogP contribution in [-0.4, -0.2) is 35.3 Å². The highest BCUT2D eigenvalue weighted by molar-refractivity contribution is 5.25. The maximum Gasteiger partial charge on any atom is 0.115 e. The summed E-state index contributed by atoms with van der Waals surface area (Å²) in [6, 6.07) is 7.99. The number of phenols is 1. The summed E-state index contributed by atoms with van der Waals surface area (Å²) in [5, 5.41) is 9.27. The molecule has 1 aromatic carbocycles. The molecule has 0 aliphatic carbocycles. The van der Waals surface area contributed by atoms with E-state index < -0.39 is 0 Å². The van der Waals surface area contributed by atoms with E-state index in [9.17, 15) is 5.11 Å². The molecule has 1 aromatic rings. The molecular weight excluding hydrogens is 214 g/mol. The number of hydrogen-bond donors (Lipinski definition) is 1. The molecule has 1 fully saturated rings. The van der Waals surface area contributed by atoms with Crippen LogP contribution in [0.3, 0.4) is 0 Å². The number of aromatic hydroxyl groups is 1. The normalized spacial score (nSPS) is 26.0. The molecule has 0 aromatic heterocycles. The molecule has 2 unspecified atom stereocenters. The van der Waals surface area contributed by atoms with Gasteiger partial charge in [0.2, 0.25) is 0 Å². The van der Waals surface area contributed by atoms with Gasteiger partial charge < -0.3 is 9.84 Å². The van der Waals surface area contributed by atoms with Crippen LogP contribution in [0.4, 0.5) is 0 Å². The summed E-state index contributed by atoms with van der Waals surface area (Å²) in [6.07, 6.45) is 1.43. The lowest BCUT2D eigenvalue weighted by molar-refractivity contribution is -0.0592. The second-order valence-electron chi connectivity index (χ2n) is 4.80. The first kappa shape index (κ1) is 12.4. The van der Waals surface area contributed by atoms with Crippen LogP contribution in [0.1, 0.15) is 25.8 Å². The van der Waals surface area contributed by atoms with Crippen LogP contribution in [-0.2, 0) is 11.3 Å². The third-order valence-electron chi connectivity index (χ3n) is 3.37. The van der Waals surface area contributed by atoms with Crippen molar-refractivity contribution < 1.29 is 9.84 Å². The molecule has 0 amide bonds. The molecule has 0 saturated carbocycles. The van der Waals surface area contributed by atoms with E-state index >= 15 is 0 Å². The van der Waals surface area contributed by atoms with Crippen LogP contribution < -0.4 is 0 Å². The summed E-state index contributed by atoms with van der Waals surface area (Å²) in [6.45, 7) is 7.07. The predicted octanol–water partition coefficient (Wildman–Crippen LogP) is 2.39. The summed E-state index contributed by atoms with van der Waals surface area (Å²) >= 11 is 0. The molecule has 0 bridgehead atoms. The lowest BCUT2D eigenvalue weighted by atomic mass is 10.1. The Labute approximate surface area is 103 Å². The Morgan fingerprint density at radius 3 is 2.71 bits per heavy atom. The lowest BCUT2D eigenvalue weighted by Crippen LogP contribution is -2.47. The van der Waals surface area contributed by atoms with Gasteiger partial charge in [0, 0.05) is 19.1 Å². The monoisotopic (exact) mass is 235 g/mol. The third-order valence-corrected chi connectivity index (χ3v) is 3.37. The minimum atomic E-state index is 0.315. The van der Waals surface area contributed by atoms with E-state index in [4.69, 9.17) is 4.74 Å². The average molecular weight is 235 g/mol. The first-order valence-corrected chi connectivity index (χ1v) is 6.32. The van der Waals surface area contributed by atoms with Gasteiger partial charge in [0.15, 0.2) is 0 Å². The SMILES string of the molecule is CCC1COC(C)CN1Cc1ccc(O)cc1. The van der Waals surface area contributed by atoms with Crippen molar-refractivity contribution in [1.29, 1.82) is 0 Å². The van der Waals surface area contributed by atoms with Gasteiger partial charge in [0.1, 0.15) is 5.75 Å². The molecule has 1 saturated heterocycles. The van der Waals surface area contributed by atoms with E-state index in [-0.39, 0.29) is 0 Å². The third kappa shape index (κ3) is 3.20. The van der Waals surface area contributed by atoms with Crippen molar-refractivity contribution in [2.24, 2.45) is 0 Å². The van der Waals surface area contributed by atoms with Crippen molar-refractivity contribution in [3.8, 4) is 5.75 Å². The minimum Gasteiger partial charge on any atom is -0.508 e. The fourth-order valence-electron chi connectivity index (χ4n) is 2.32. The van der Waals surface area contributed by atoms with Crippen molar-refractivity contribution in [2.75, 3.05) is 13.2 Å². The van der Waals surface area contributed by atoms with Gasteiger partial charge in [-0.15, -0.1) is 0 Å². The number of ether oxygens (including phenoxy) is 1. The van der Waals surface area contributed by atoms with Gasteiger partial charge in [-0.05, 0) is 31.0 Å². The average Bonchev–Trinajstić information content (AvgIpc) is 2.32. The Bertz CT molecular complexity index is 350. The number of phenolic OH excluding ortho intramolecular Hbond substituents is 1. The quantitative estimate of drug-likeness (QED) is 0.873. The fraction of sp³-hybridized carbons (Fsp3) is 0.571. The first-order chi connectivity index (χ1) is 8.19. The minimum absolute atomic E-state index is 0.315. The van der Waals surface area contributed by atoms with Gasteiger partial charge in [0.25, 0.3) is 0 Å². The van der Waals surface area contributed by atoms with Gasteiger partial charge in [-0.25, -0.2) is 0 Å². The summed E-state index contributed by atoms with van der Waals surface area (Å²) in [4.78, 5) is 2.47. The zero-order chi connectivity index (χ0) is 12.3. The van der Waals surface area contributed by atoms with Gasteiger partial charge in [-0.2, -0.15) is 0 Å². The molecule has 2 atom stereocenters. The van der Waals surface area contributed by atoms with Crippen LogP contribution in [0.5, 0.6) is 5.75 Å². The van der Waals surface area contributed by atoms with Gasteiger partial charge in [-0.3, -0.25) is 4.90 Å². The maximum atomic E-state index is 9.27. The molecule has 2 rings (SSSR count). The molecule has 0 radical (unpaired) electrons. The topological polar surface area (TPSA) is 32.7 Å². The van der Waals surface area contributed by atoms with E-state index in [0.717, 1.165) is 26.1 Å². The largest absolute Gasteiger partial charge is 0.508 e. The molecule has 1 aliphatic heterocycles. The Morgan fingerprint density at radius 2 is 2.06 bits per heavy atom. The summed E-state index contributed by atoms with van der Waals surface area (Å²) in [7, 11) is 0. The van der Waals surface area contributed by atoms with Crippen LogP contribution >= 0.6 is 0 Å². The van der Waals surface area contributed by atoms with Crippen molar-refractivity contribution in [1.82, 2.24) is 4.90 Å². The van der Waals surface area contributed by atoms with Gasteiger partial charge in [0.05, 0.1) is 12.7 Å². The number of benzene rings is 1. The summed E-state index contributed by atoms with van der Waals surface area (Å²) in [5.74, 6) is 0.330. The van der Waals surface area contributed by atoms with Crippen molar-refractivity contribution in [3.05, 3.63) is 29.8 Å². The Morgan fingerprint density at radius 1 is 1.35 bits per heavy atom. The van der Waals surface area contributed by atoms with Crippen LogP contribution in [0.25, 0.3) is 0 Å². The molecule has 17 heavy (non-hydrogen) atoms. The number of nitrogens with zero attached hydrogens (tertiary/aromatic N) is 1. The number of rotatable bonds is 3. The smallest absolute Gasteiger partial charge is 0.115 e. The summed E-state index contributed by atoms with van der Waals surface area (Å²) < 4.78 is 5.69. The molecule has 94 valence electrons. The number of hydrogen-bond acceptors (Lipinski definition) is 3. The first-order valence-electron chi connectivity index (χ1n) is 6.32. The van der Waals surface area contributed by atoms with Crippen LogP contribution in [0, 0.1) is 0 Å². The summed E-state index contributed by atoms with van der Waals surface area (Å²) in [5.41, 5.74) is 1.25. The highest BCUT2D eigenvalue weighted by Crippen LogP contribution is 2.18. The van der Waals surface area contributed by atoms with Gasteiger partial charge >= 0.3 is 0 Å². The van der Waals surface area contributed by atoms with E-state index in [1.54, 1.807) is 12.1 Å². The molecule has 3 nitrogen and oxygen atoms in total. The zero-order valence-electron chi connectivity index (χ0n) is 10.6. The van der Waals surface area contributed by atoms with E-state index in [2.05, 4.69) is 18.7 Å². The van der Waals surface area contributed by atoms with E-state index in [0.29, 0.717) is 17.9 Å². The molecule has 1 N–H and O–H groups in total. The van der Waals surface area contributed by atoms with Crippen LogP contribution in [0.15, 0.2) is 24.3 Å². The van der Waals surface area contributed by atoms with Crippen molar-refractivity contribution >= 4 is 0 Å². The zero-order valence-corrected chi connectivity index (χ0v) is 10.6. The van der Waals surface area contributed by atoms with Crippen molar-refractivity contribution in [3.63, 3.8) is 0 Å². The number of morpholine rings is 1. The standard InChI is InChI=1S/C14H21NO2/c1-3-13-10-17-11(2)8-15(13)9-12-4-6-14(16)7-5-12/h4-7,11,13,16H,3,8-10H2,1-2H3. The van der Waals surface area contributed by atoms with E-state index in [1.807, 2.05) is 12.1 Å². The lowest BCUT2D eigenvalue weighted by Gasteiger charge is -2.38. The highest BCUT2D eigenvalue weighted by atomic mass is 16.5. The van der Waals surface area contributed by atoms with E-state index in [1.165, 1.54) is 5.56 Å². The maximum absolute atomic E-state index is 9.27. The molecular formula is C14H21NO2. The molecule has 1 aliphatic rings. The van der Waals surface area contributed by atoms with Crippen LogP contribution in [0.2, 0.25) is 0 Å². The molecule has 1 heterocycles. The second kappa shape index (κ2) is 5.52.